The smallest absolute Gasteiger partial charge is 0.270 e. The molecule has 6 nitrogen and oxygen atoms in total. The number of nitro groups is 1. The van der Waals surface area contributed by atoms with Crippen LogP contribution >= 0.6 is 23.1 Å². The maximum Gasteiger partial charge on any atom is 0.270 e. The van der Waals surface area contributed by atoms with E-state index in [1.54, 1.807) is 0 Å². The standard InChI is InChI=1S/C13H20N4O2S2/c1-14-8-10-2-3-11(21-10)9-20-7-6-16-13-12(17(18)19)4-5-15-13/h2-3,12,14H,4-9H2,1H3,(H,15,16). The Bertz CT molecular complexity index is 504. The molecular weight excluding hydrogens is 308 g/mol. The van der Waals surface area contributed by atoms with Gasteiger partial charge in [0.05, 0.1) is 0 Å². The summed E-state index contributed by atoms with van der Waals surface area (Å²) >= 11 is 3.66. The van der Waals surface area contributed by atoms with E-state index in [4.69, 9.17) is 0 Å². The van der Waals surface area contributed by atoms with Gasteiger partial charge in [-0.1, -0.05) is 0 Å². The number of thiophene rings is 1. The summed E-state index contributed by atoms with van der Waals surface area (Å²) in [7, 11) is 1.95. The van der Waals surface area contributed by atoms with E-state index >= 15 is 0 Å². The van der Waals surface area contributed by atoms with Crippen molar-refractivity contribution in [2.45, 2.75) is 24.8 Å². The van der Waals surface area contributed by atoms with Gasteiger partial charge in [0.25, 0.3) is 6.04 Å². The van der Waals surface area contributed by atoms with Crippen LogP contribution in [0.15, 0.2) is 17.1 Å². The van der Waals surface area contributed by atoms with Gasteiger partial charge in [0.15, 0.2) is 5.84 Å². The molecule has 0 aromatic carbocycles. The lowest BCUT2D eigenvalue weighted by molar-refractivity contribution is -0.502. The molecule has 0 bridgehead atoms. The average molecular weight is 328 g/mol. The van der Waals surface area contributed by atoms with Crippen LogP contribution in [0.3, 0.4) is 0 Å². The van der Waals surface area contributed by atoms with Crippen molar-refractivity contribution in [2.24, 2.45) is 4.99 Å². The van der Waals surface area contributed by atoms with Crippen LogP contribution in [0.1, 0.15) is 16.2 Å². The second-order valence-electron chi connectivity index (χ2n) is 4.73. The molecule has 8 heteroatoms. The second kappa shape index (κ2) is 8.35. The molecule has 1 aromatic heterocycles. The predicted molar refractivity (Wildman–Crippen MR) is 88.9 cm³/mol. The first-order chi connectivity index (χ1) is 10.2. The molecule has 0 fully saturated rings. The quantitative estimate of drug-likeness (QED) is 0.432. The number of aliphatic imine (C=N–C) groups is 1. The Balaban J connectivity index is 1.62. The fraction of sp³-hybridized carbons (Fsp3) is 0.615. The third-order valence-corrected chi connectivity index (χ3v) is 5.40. The molecule has 0 saturated heterocycles. The molecule has 0 spiro atoms. The third kappa shape index (κ3) is 4.98. The molecule has 1 unspecified atom stereocenters. The van der Waals surface area contributed by atoms with Crippen LogP contribution in [0.2, 0.25) is 0 Å². The normalized spacial score (nSPS) is 17.8. The highest BCUT2D eigenvalue weighted by molar-refractivity contribution is 7.98. The lowest BCUT2D eigenvalue weighted by atomic mass is 10.2. The van der Waals surface area contributed by atoms with Crippen molar-refractivity contribution < 1.29 is 4.92 Å². The maximum atomic E-state index is 10.8. The first-order valence-corrected chi connectivity index (χ1v) is 8.89. The highest BCUT2D eigenvalue weighted by Gasteiger charge is 2.30. The van der Waals surface area contributed by atoms with E-state index in [0.29, 0.717) is 18.8 Å². The van der Waals surface area contributed by atoms with Gasteiger partial charge >= 0.3 is 0 Å². The number of rotatable bonds is 8. The van der Waals surface area contributed by atoms with Crippen molar-refractivity contribution in [2.75, 3.05) is 25.9 Å². The summed E-state index contributed by atoms with van der Waals surface area (Å²) in [4.78, 5) is 17.5. The van der Waals surface area contributed by atoms with Crippen LogP contribution in [-0.2, 0) is 12.3 Å². The van der Waals surface area contributed by atoms with Crippen molar-refractivity contribution in [3.05, 3.63) is 32.0 Å². The van der Waals surface area contributed by atoms with Crippen LogP contribution in [0.4, 0.5) is 0 Å². The molecule has 0 radical (unpaired) electrons. The van der Waals surface area contributed by atoms with Crippen molar-refractivity contribution in [3.63, 3.8) is 0 Å². The highest BCUT2D eigenvalue weighted by atomic mass is 32.2. The zero-order chi connectivity index (χ0) is 15.1. The number of amidine groups is 1. The summed E-state index contributed by atoms with van der Waals surface area (Å²) < 4.78 is 0. The van der Waals surface area contributed by atoms with E-state index in [-0.39, 0.29) is 4.92 Å². The van der Waals surface area contributed by atoms with Crippen molar-refractivity contribution in [1.29, 1.82) is 0 Å². The molecule has 1 aliphatic rings. The number of hydrogen-bond acceptors (Lipinski definition) is 7. The first kappa shape index (κ1) is 16.3. The van der Waals surface area contributed by atoms with Gasteiger partial charge in [-0.3, -0.25) is 15.1 Å². The molecule has 1 atom stereocenters. The summed E-state index contributed by atoms with van der Waals surface area (Å²) in [5, 5.41) is 17.1. The zero-order valence-electron chi connectivity index (χ0n) is 12.0. The SMILES string of the molecule is CNCc1ccc(CSCCNC2=NCCC2[N+](=O)[O-])s1. The van der Waals surface area contributed by atoms with Crippen molar-refractivity contribution in [3.8, 4) is 0 Å². The van der Waals surface area contributed by atoms with Gasteiger partial charge in [-0.05, 0) is 19.2 Å². The summed E-state index contributed by atoms with van der Waals surface area (Å²) in [6, 6.07) is 3.70. The summed E-state index contributed by atoms with van der Waals surface area (Å²) in [5.41, 5.74) is 0. The Morgan fingerprint density at radius 1 is 1.52 bits per heavy atom. The second-order valence-corrected chi connectivity index (χ2v) is 7.09. The van der Waals surface area contributed by atoms with Crippen LogP contribution in [-0.4, -0.2) is 42.7 Å². The Morgan fingerprint density at radius 3 is 3.10 bits per heavy atom. The lowest BCUT2D eigenvalue weighted by Crippen LogP contribution is -2.37. The molecule has 1 aliphatic heterocycles. The minimum atomic E-state index is -0.628. The average Bonchev–Trinajstić information content (AvgIpc) is 3.08. The van der Waals surface area contributed by atoms with Gasteiger partial charge in [0.2, 0.25) is 0 Å². The largest absolute Gasteiger partial charge is 0.367 e. The van der Waals surface area contributed by atoms with Crippen LogP contribution in [0, 0.1) is 10.1 Å². The van der Waals surface area contributed by atoms with Crippen molar-refractivity contribution >= 4 is 28.9 Å². The van der Waals surface area contributed by atoms with Crippen LogP contribution in [0.25, 0.3) is 0 Å². The fourth-order valence-electron chi connectivity index (χ4n) is 2.12. The third-order valence-electron chi connectivity index (χ3n) is 3.12. The van der Waals surface area contributed by atoms with Gasteiger partial charge < -0.3 is 10.6 Å². The van der Waals surface area contributed by atoms with Crippen LogP contribution in [0.5, 0.6) is 0 Å². The number of hydrogen-bond donors (Lipinski definition) is 2. The molecule has 0 aliphatic carbocycles. The van der Waals surface area contributed by atoms with E-state index in [2.05, 4.69) is 27.8 Å². The molecular formula is C13H20N4O2S2. The fourth-order valence-corrected chi connectivity index (χ4v) is 4.12. The minimum Gasteiger partial charge on any atom is -0.367 e. The van der Waals surface area contributed by atoms with Crippen LogP contribution < -0.4 is 10.6 Å². The first-order valence-electron chi connectivity index (χ1n) is 6.92. The van der Waals surface area contributed by atoms with Gasteiger partial charge in [0, 0.05) is 52.2 Å². The summed E-state index contributed by atoms with van der Waals surface area (Å²) in [6.07, 6.45) is 0.520. The van der Waals surface area contributed by atoms with E-state index in [1.807, 2.05) is 30.1 Å². The Hall–Kier alpha value is -1.12. The van der Waals surface area contributed by atoms with Gasteiger partial charge in [-0.15, -0.1) is 11.3 Å². The number of thioether (sulfide) groups is 1. The Labute approximate surface area is 132 Å². The van der Waals surface area contributed by atoms with Gasteiger partial charge in [-0.2, -0.15) is 11.8 Å². The van der Waals surface area contributed by atoms with Gasteiger partial charge in [0.1, 0.15) is 0 Å². The Kier molecular flexibility index (Phi) is 6.47. The molecule has 2 rings (SSSR count). The van der Waals surface area contributed by atoms with Crippen molar-refractivity contribution in [1.82, 2.24) is 10.6 Å². The van der Waals surface area contributed by atoms with E-state index < -0.39 is 6.04 Å². The zero-order valence-corrected chi connectivity index (χ0v) is 13.6. The van der Waals surface area contributed by atoms with E-state index in [0.717, 1.165) is 24.6 Å². The Morgan fingerprint density at radius 2 is 2.33 bits per heavy atom. The minimum absolute atomic E-state index is 0.249. The lowest BCUT2D eigenvalue weighted by Gasteiger charge is -2.08. The molecule has 116 valence electrons. The topological polar surface area (TPSA) is 79.6 Å². The molecule has 0 saturated carbocycles. The predicted octanol–water partition coefficient (Wildman–Crippen LogP) is 1.74. The van der Waals surface area contributed by atoms with E-state index in [9.17, 15) is 10.1 Å². The monoisotopic (exact) mass is 328 g/mol. The molecule has 2 N–H and O–H groups in total. The van der Waals surface area contributed by atoms with E-state index in [1.165, 1.54) is 9.75 Å². The number of nitrogens with zero attached hydrogens (tertiary/aromatic N) is 2. The summed E-state index contributed by atoms with van der Waals surface area (Å²) in [6.45, 7) is 2.20. The van der Waals surface area contributed by atoms with Gasteiger partial charge in [-0.25, -0.2) is 0 Å². The summed E-state index contributed by atoms with van der Waals surface area (Å²) in [5.74, 6) is 2.46. The number of nitrogens with one attached hydrogen (secondary N) is 2. The molecule has 21 heavy (non-hydrogen) atoms. The molecule has 0 amide bonds. The molecule has 2 heterocycles. The molecule has 1 aromatic rings. The highest BCUT2D eigenvalue weighted by Crippen LogP contribution is 2.21. The maximum absolute atomic E-state index is 10.8.